The molecule has 0 radical (unpaired) electrons. The first-order valence-corrected chi connectivity index (χ1v) is 9.11. The second-order valence-corrected chi connectivity index (χ2v) is 6.64. The van der Waals surface area contributed by atoms with Crippen molar-refractivity contribution in [3.8, 4) is 5.75 Å². The van der Waals surface area contributed by atoms with Gasteiger partial charge in [-0.15, -0.1) is 0 Å². The number of amides is 2. The summed E-state index contributed by atoms with van der Waals surface area (Å²) in [5, 5.41) is 12.3. The summed E-state index contributed by atoms with van der Waals surface area (Å²) in [6.45, 7) is 2.56. The molecule has 6 heteroatoms. The fourth-order valence-corrected chi connectivity index (χ4v) is 3.29. The quantitative estimate of drug-likeness (QED) is 0.754. The van der Waals surface area contributed by atoms with Gasteiger partial charge in [-0.3, -0.25) is 0 Å². The Balaban J connectivity index is 1.82. The molecule has 0 saturated carbocycles. The largest absolute Gasteiger partial charge is 0.497 e. The van der Waals surface area contributed by atoms with Crippen molar-refractivity contribution < 1.29 is 14.6 Å². The van der Waals surface area contributed by atoms with Crippen molar-refractivity contribution >= 4 is 6.03 Å². The van der Waals surface area contributed by atoms with Crippen LogP contribution in [0.25, 0.3) is 0 Å². The first kappa shape index (κ1) is 19.5. The van der Waals surface area contributed by atoms with Gasteiger partial charge < -0.3 is 25.0 Å². The molecule has 1 aliphatic rings. The highest BCUT2D eigenvalue weighted by Gasteiger charge is 2.19. The molecule has 0 unspecified atom stereocenters. The van der Waals surface area contributed by atoms with Crippen LogP contribution in [0.4, 0.5) is 4.79 Å². The number of benzene rings is 1. The van der Waals surface area contributed by atoms with Gasteiger partial charge in [-0.05, 0) is 50.6 Å². The number of ether oxygens (including phenoxy) is 1. The first-order chi connectivity index (χ1) is 12.1. The summed E-state index contributed by atoms with van der Waals surface area (Å²) < 4.78 is 5.15. The molecule has 6 nitrogen and oxygen atoms in total. The Hall–Kier alpha value is -1.79. The van der Waals surface area contributed by atoms with Crippen molar-refractivity contribution in [2.75, 3.05) is 40.4 Å². The van der Waals surface area contributed by atoms with Crippen LogP contribution in [-0.4, -0.2) is 67.4 Å². The van der Waals surface area contributed by atoms with Crippen molar-refractivity contribution in [1.29, 1.82) is 0 Å². The molecule has 1 aliphatic heterocycles. The monoisotopic (exact) mass is 349 g/mol. The molecule has 140 valence electrons. The highest BCUT2D eigenvalue weighted by atomic mass is 16.5. The van der Waals surface area contributed by atoms with Gasteiger partial charge in [0.15, 0.2) is 0 Å². The minimum absolute atomic E-state index is 0.0467. The summed E-state index contributed by atoms with van der Waals surface area (Å²) in [6, 6.07) is 8.07. The number of piperidine rings is 1. The molecule has 2 N–H and O–H groups in total. The van der Waals surface area contributed by atoms with E-state index in [4.69, 9.17) is 4.74 Å². The molecule has 1 aromatic carbocycles. The first-order valence-electron chi connectivity index (χ1n) is 9.11. The summed E-state index contributed by atoms with van der Waals surface area (Å²) in [7, 11) is 3.79. The average molecular weight is 349 g/mol. The molecule has 1 heterocycles. The fraction of sp³-hybridized carbons (Fsp3) is 0.632. The Labute approximate surface area is 150 Å². The zero-order valence-electron chi connectivity index (χ0n) is 15.4. The van der Waals surface area contributed by atoms with Crippen LogP contribution in [0.2, 0.25) is 0 Å². The van der Waals surface area contributed by atoms with E-state index in [9.17, 15) is 9.90 Å². The van der Waals surface area contributed by atoms with Crippen LogP contribution < -0.4 is 10.1 Å². The number of aliphatic hydroxyl groups is 1. The minimum Gasteiger partial charge on any atom is -0.497 e. The van der Waals surface area contributed by atoms with Gasteiger partial charge in [-0.1, -0.05) is 18.6 Å². The standard InChI is InChI=1S/C19H31N3O3/c1-21-12-4-3-5-17(21)10-11-20-19(24)22(13-14-23)15-16-6-8-18(25-2)9-7-16/h6-9,17,23H,3-5,10-15H2,1-2H3,(H,20,24)/t17-/m0/s1. The normalized spacial score (nSPS) is 18.0. The molecule has 25 heavy (non-hydrogen) atoms. The van der Waals surface area contributed by atoms with Crippen molar-refractivity contribution in [3.63, 3.8) is 0 Å². The van der Waals surface area contributed by atoms with E-state index in [1.54, 1.807) is 12.0 Å². The second-order valence-electron chi connectivity index (χ2n) is 6.64. The van der Waals surface area contributed by atoms with E-state index in [2.05, 4.69) is 17.3 Å². The number of methoxy groups -OCH3 is 1. The third-order valence-electron chi connectivity index (χ3n) is 4.86. The van der Waals surface area contributed by atoms with Crippen LogP contribution in [0.5, 0.6) is 5.75 Å². The Kier molecular flexibility index (Phi) is 8.01. The van der Waals surface area contributed by atoms with Crippen LogP contribution in [0.1, 0.15) is 31.2 Å². The number of hydrogen-bond donors (Lipinski definition) is 2. The maximum Gasteiger partial charge on any atom is 0.317 e. The molecule has 2 amide bonds. The smallest absolute Gasteiger partial charge is 0.317 e. The van der Waals surface area contributed by atoms with E-state index >= 15 is 0 Å². The second kappa shape index (κ2) is 10.3. The van der Waals surface area contributed by atoms with Crippen molar-refractivity contribution in [2.45, 2.75) is 38.3 Å². The molecule has 1 fully saturated rings. The zero-order chi connectivity index (χ0) is 18.1. The predicted molar refractivity (Wildman–Crippen MR) is 98.8 cm³/mol. The van der Waals surface area contributed by atoms with E-state index in [0.29, 0.717) is 25.7 Å². The molecule has 0 aliphatic carbocycles. The van der Waals surface area contributed by atoms with Gasteiger partial charge in [0, 0.05) is 25.7 Å². The molecule has 1 saturated heterocycles. The van der Waals surface area contributed by atoms with Gasteiger partial charge in [0.25, 0.3) is 0 Å². The lowest BCUT2D eigenvalue weighted by molar-refractivity contribution is 0.163. The SMILES string of the molecule is COc1ccc(CN(CCO)C(=O)NCC[C@@H]2CCCCN2C)cc1. The summed E-state index contributed by atoms with van der Waals surface area (Å²) in [6.07, 6.45) is 4.72. The number of nitrogens with zero attached hydrogens (tertiary/aromatic N) is 2. The van der Waals surface area contributed by atoms with Gasteiger partial charge in [-0.25, -0.2) is 4.79 Å². The van der Waals surface area contributed by atoms with Crippen LogP contribution >= 0.6 is 0 Å². The number of urea groups is 1. The highest BCUT2D eigenvalue weighted by Crippen LogP contribution is 2.17. The Morgan fingerprint density at radius 3 is 2.76 bits per heavy atom. The molecular weight excluding hydrogens is 318 g/mol. The number of nitrogens with one attached hydrogen (secondary N) is 1. The van der Waals surface area contributed by atoms with E-state index in [1.165, 1.54) is 19.3 Å². The zero-order valence-corrected chi connectivity index (χ0v) is 15.4. The van der Waals surface area contributed by atoms with Gasteiger partial charge in [0.2, 0.25) is 0 Å². The third kappa shape index (κ3) is 6.21. The topological polar surface area (TPSA) is 65.0 Å². The van der Waals surface area contributed by atoms with Crippen LogP contribution in [-0.2, 0) is 6.54 Å². The molecule has 0 aromatic heterocycles. The Morgan fingerprint density at radius 1 is 1.36 bits per heavy atom. The van der Waals surface area contributed by atoms with E-state index in [-0.39, 0.29) is 12.6 Å². The maximum absolute atomic E-state index is 12.4. The number of carbonyl (C=O) groups excluding carboxylic acids is 1. The van der Waals surface area contributed by atoms with Crippen LogP contribution in [0.3, 0.4) is 0 Å². The lowest BCUT2D eigenvalue weighted by Crippen LogP contribution is -2.43. The molecule has 0 bridgehead atoms. The van der Waals surface area contributed by atoms with Gasteiger partial charge >= 0.3 is 6.03 Å². The molecule has 1 aromatic rings. The lowest BCUT2D eigenvalue weighted by Gasteiger charge is -2.32. The number of likely N-dealkylation sites (tertiary alicyclic amines) is 1. The average Bonchev–Trinajstić information content (AvgIpc) is 2.63. The lowest BCUT2D eigenvalue weighted by atomic mass is 10.0. The van der Waals surface area contributed by atoms with Crippen molar-refractivity contribution in [1.82, 2.24) is 15.1 Å². The molecule has 0 spiro atoms. The van der Waals surface area contributed by atoms with Crippen molar-refractivity contribution in [3.05, 3.63) is 29.8 Å². The highest BCUT2D eigenvalue weighted by molar-refractivity contribution is 5.74. The number of carbonyl (C=O) groups is 1. The number of hydrogen-bond acceptors (Lipinski definition) is 4. The van der Waals surface area contributed by atoms with E-state index in [1.807, 2.05) is 24.3 Å². The van der Waals surface area contributed by atoms with E-state index < -0.39 is 0 Å². The summed E-state index contributed by atoms with van der Waals surface area (Å²) in [5.74, 6) is 0.790. The minimum atomic E-state index is -0.122. The summed E-state index contributed by atoms with van der Waals surface area (Å²) >= 11 is 0. The molecular formula is C19H31N3O3. The van der Waals surface area contributed by atoms with Crippen LogP contribution in [0.15, 0.2) is 24.3 Å². The fourth-order valence-electron chi connectivity index (χ4n) is 3.29. The van der Waals surface area contributed by atoms with Gasteiger partial charge in [-0.2, -0.15) is 0 Å². The summed E-state index contributed by atoms with van der Waals surface area (Å²) in [5.41, 5.74) is 1.01. The Bertz CT molecular complexity index is 521. The van der Waals surface area contributed by atoms with E-state index in [0.717, 1.165) is 24.3 Å². The third-order valence-corrected chi connectivity index (χ3v) is 4.86. The maximum atomic E-state index is 12.4. The van der Waals surface area contributed by atoms with Crippen LogP contribution in [0, 0.1) is 0 Å². The predicted octanol–water partition coefficient (Wildman–Crippen LogP) is 2.07. The molecule has 2 rings (SSSR count). The van der Waals surface area contributed by atoms with Gasteiger partial charge in [0.1, 0.15) is 5.75 Å². The molecule has 1 atom stereocenters. The number of aliphatic hydroxyl groups excluding tert-OH is 1. The Morgan fingerprint density at radius 2 is 2.12 bits per heavy atom. The van der Waals surface area contributed by atoms with Crippen molar-refractivity contribution in [2.24, 2.45) is 0 Å². The van der Waals surface area contributed by atoms with Gasteiger partial charge in [0.05, 0.1) is 13.7 Å². The number of rotatable bonds is 8. The summed E-state index contributed by atoms with van der Waals surface area (Å²) in [4.78, 5) is 16.5.